The highest BCUT2D eigenvalue weighted by Crippen LogP contribution is 2.34. The number of hydrogen-bond donors (Lipinski definition) is 1. The number of thioether (sulfide) groups is 1. The number of amides is 1. The Kier molecular flexibility index (Phi) is 7.15. The molecule has 146 valence electrons. The smallest absolute Gasteiger partial charge is 0.266 e. The molecule has 10 heteroatoms. The zero-order chi connectivity index (χ0) is 20.2. The van der Waals surface area contributed by atoms with E-state index in [-0.39, 0.29) is 16.6 Å². The molecule has 0 spiro atoms. The Balaban J connectivity index is 2.25. The van der Waals surface area contributed by atoms with Crippen molar-refractivity contribution in [1.82, 2.24) is 4.90 Å². The van der Waals surface area contributed by atoms with E-state index >= 15 is 0 Å². The number of nitrogens with zero attached hydrogens (tertiary/aromatic N) is 1. The highest BCUT2D eigenvalue weighted by molar-refractivity contribution is 8.26. The molecule has 0 radical (unpaired) electrons. The van der Waals surface area contributed by atoms with Gasteiger partial charge in [-0.05, 0) is 25.5 Å². The number of hydrogen-bond acceptors (Lipinski definition) is 7. The van der Waals surface area contributed by atoms with Crippen molar-refractivity contribution >= 4 is 56.2 Å². The molecular weight excluding hydrogens is 410 g/mol. The number of Topliss-reactive ketones (excluding diaryl/α,β-unsaturated/α-hetero) is 1. The highest BCUT2D eigenvalue weighted by Gasteiger charge is 2.32. The normalized spacial score (nSPS) is 17.4. The summed E-state index contributed by atoms with van der Waals surface area (Å²) >= 11 is 6.17. The molecule has 1 atom stereocenters. The van der Waals surface area contributed by atoms with E-state index in [0.717, 1.165) is 16.7 Å². The third kappa shape index (κ3) is 5.86. The van der Waals surface area contributed by atoms with Gasteiger partial charge in [0.25, 0.3) is 16.0 Å². The van der Waals surface area contributed by atoms with Crippen molar-refractivity contribution in [3.63, 3.8) is 0 Å². The van der Waals surface area contributed by atoms with Crippen molar-refractivity contribution in [2.45, 2.75) is 26.4 Å². The maximum Gasteiger partial charge on any atom is 0.266 e. The number of benzene rings is 1. The molecule has 1 unspecified atom stereocenters. The minimum atomic E-state index is -4.20. The molecule has 1 aromatic rings. The van der Waals surface area contributed by atoms with Gasteiger partial charge in [-0.2, -0.15) is 8.42 Å². The molecule has 1 N–H and O–H groups in total. The van der Waals surface area contributed by atoms with Crippen LogP contribution in [-0.4, -0.2) is 52.3 Å². The Morgan fingerprint density at radius 1 is 1.41 bits per heavy atom. The first-order chi connectivity index (χ1) is 12.6. The molecule has 1 aliphatic heterocycles. The summed E-state index contributed by atoms with van der Waals surface area (Å²) in [6, 6.07) is 6.98. The van der Waals surface area contributed by atoms with E-state index in [0.29, 0.717) is 22.6 Å². The van der Waals surface area contributed by atoms with Gasteiger partial charge < -0.3 is 4.74 Å². The summed E-state index contributed by atoms with van der Waals surface area (Å²) in [6.07, 6.45) is 1.53. The van der Waals surface area contributed by atoms with Crippen LogP contribution >= 0.6 is 24.0 Å². The second-order valence-electron chi connectivity index (χ2n) is 5.78. The van der Waals surface area contributed by atoms with Crippen LogP contribution in [0, 0.1) is 0 Å². The molecule has 0 bridgehead atoms. The third-order valence-electron chi connectivity index (χ3n) is 3.75. The molecule has 27 heavy (non-hydrogen) atoms. The van der Waals surface area contributed by atoms with Crippen LogP contribution in [0.15, 0.2) is 29.2 Å². The largest absolute Gasteiger partial charge is 0.482 e. The van der Waals surface area contributed by atoms with Gasteiger partial charge in [0.2, 0.25) is 0 Å². The fraction of sp³-hybridized carbons (Fsp3) is 0.353. The van der Waals surface area contributed by atoms with Crippen LogP contribution in [0.1, 0.15) is 25.8 Å². The fourth-order valence-electron chi connectivity index (χ4n) is 2.35. The van der Waals surface area contributed by atoms with Gasteiger partial charge in [-0.25, -0.2) is 0 Å². The van der Waals surface area contributed by atoms with E-state index in [1.807, 2.05) is 6.92 Å². The van der Waals surface area contributed by atoms with Crippen LogP contribution in [-0.2, 0) is 19.7 Å². The van der Waals surface area contributed by atoms with Gasteiger partial charge in [0.15, 0.2) is 11.9 Å². The first-order valence-corrected chi connectivity index (χ1v) is 10.9. The first-order valence-electron chi connectivity index (χ1n) is 8.09. The lowest BCUT2D eigenvalue weighted by molar-refractivity contribution is -0.124. The van der Waals surface area contributed by atoms with E-state index in [1.54, 1.807) is 30.3 Å². The lowest BCUT2D eigenvalue weighted by Crippen LogP contribution is -2.32. The van der Waals surface area contributed by atoms with Crippen LogP contribution in [0.5, 0.6) is 5.75 Å². The number of carbonyl (C=O) groups is 2. The van der Waals surface area contributed by atoms with E-state index in [9.17, 15) is 18.0 Å². The van der Waals surface area contributed by atoms with Crippen molar-refractivity contribution in [1.29, 1.82) is 0 Å². The second-order valence-corrected chi connectivity index (χ2v) is 9.03. The standard InChI is InChI=1S/C17H19NO6S3/c1-3-13(11(2)19)24-14-7-5-4-6-12(14)10-15-16(20)18(17(25)26-15)8-9-27(21,22)23/h4-7,10,13H,3,8-9H2,1-2H3,(H,21,22,23)/b15-10-. The average molecular weight is 430 g/mol. The van der Waals surface area contributed by atoms with E-state index in [2.05, 4.69) is 0 Å². The van der Waals surface area contributed by atoms with E-state index in [1.165, 1.54) is 6.92 Å². The van der Waals surface area contributed by atoms with Gasteiger partial charge in [-0.3, -0.25) is 19.0 Å². The predicted octanol–water partition coefficient (Wildman–Crippen LogP) is 2.52. The van der Waals surface area contributed by atoms with Crippen LogP contribution < -0.4 is 4.74 Å². The van der Waals surface area contributed by atoms with E-state index in [4.69, 9.17) is 21.5 Å². The van der Waals surface area contributed by atoms with Gasteiger partial charge in [0, 0.05) is 12.1 Å². The molecule has 1 heterocycles. The molecule has 1 aliphatic rings. The molecule has 0 aromatic heterocycles. The molecule has 0 aliphatic carbocycles. The fourth-order valence-corrected chi connectivity index (χ4v) is 4.07. The topological polar surface area (TPSA) is 101 Å². The number of rotatable bonds is 8. The SMILES string of the molecule is CCC(Oc1ccccc1/C=C1\SC(=S)N(CCS(=O)(=O)O)C1=O)C(C)=O. The molecule has 2 rings (SSSR count). The van der Waals surface area contributed by atoms with E-state index < -0.39 is 27.9 Å². The number of ketones is 1. The lowest BCUT2D eigenvalue weighted by Gasteiger charge is -2.16. The van der Waals surface area contributed by atoms with Gasteiger partial charge in [-0.1, -0.05) is 49.1 Å². The summed E-state index contributed by atoms with van der Waals surface area (Å²) in [7, 11) is -4.20. The van der Waals surface area contributed by atoms with Crippen LogP contribution in [0.3, 0.4) is 0 Å². The lowest BCUT2D eigenvalue weighted by atomic mass is 10.1. The van der Waals surface area contributed by atoms with Crippen LogP contribution in [0.2, 0.25) is 0 Å². The molecule has 0 saturated carbocycles. The zero-order valence-electron chi connectivity index (χ0n) is 14.7. The van der Waals surface area contributed by atoms with Crippen molar-refractivity contribution in [2.24, 2.45) is 0 Å². The molecule has 1 aromatic carbocycles. The maximum atomic E-state index is 12.5. The van der Waals surface area contributed by atoms with Gasteiger partial charge in [0.05, 0.1) is 10.7 Å². The van der Waals surface area contributed by atoms with Crippen LogP contribution in [0.4, 0.5) is 0 Å². The number of carbonyl (C=O) groups excluding carboxylic acids is 2. The quantitative estimate of drug-likeness (QED) is 0.382. The maximum absolute atomic E-state index is 12.5. The van der Waals surface area contributed by atoms with Gasteiger partial charge in [-0.15, -0.1) is 0 Å². The summed E-state index contributed by atoms with van der Waals surface area (Å²) in [5.41, 5.74) is 0.604. The summed E-state index contributed by atoms with van der Waals surface area (Å²) in [6.45, 7) is 3.08. The minimum absolute atomic E-state index is 0.0937. The summed E-state index contributed by atoms with van der Waals surface area (Å²) in [5, 5.41) is 0. The molecule has 1 fully saturated rings. The Morgan fingerprint density at radius 3 is 2.67 bits per heavy atom. The van der Waals surface area contributed by atoms with Gasteiger partial charge in [0.1, 0.15) is 10.1 Å². The summed E-state index contributed by atoms with van der Waals surface area (Å²) < 4.78 is 36.7. The number of para-hydroxylation sites is 1. The second kappa shape index (κ2) is 8.96. The Bertz CT molecular complexity index is 894. The van der Waals surface area contributed by atoms with Crippen molar-refractivity contribution in [3.8, 4) is 5.75 Å². The zero-order valence-corrected chi connectivity index (χ0v) is 17.2. The number of ether oxygens (including phenoxy) is 1. The molecule has 7 nitrogen and oxygen atoms in total. The van der Waals surface area contributed by atoms with Crippen LogP contribution in [0.25, 0.3) is 6.08 Å². The Morgan fingerprint density at radius 2 is 2.07 bits per heavy atom. The summed E-state index contributed by atoms with van der Waals surface area (Å²) in [5.74, 6) is -0.669. The molecular formula is C17H19NO6S3. The number of thiocarbonyl (C=S) groups is 1. The molecule has 1 amide bonds. The Labute approximate surface area is 167 Å². The Hall–Kier alpha value is -1.75. The average Bonchev–Trinajstić information content (AvgIpc) is 2.84. The first kappa shape index (κ1) is 21.5. The van der Waals surface area contributed by atoms with Crippen molar-refractivity contribution in [3.05, 3.63) is 34.7 Å². The monoisotopic (exact) mass is 429 g/mol. The minimum Gasteiger partial charge on any atom is -0.482 e. The van der Waals surface area contributed by atoms with Crippen molar-refractivity contribution in [2.75, 3.05) is 12.3 Å². The highest BCUT2D eigenvalue weighted by atomic mass is 32.2. The van der Waals surface area contributed by atoms with Crippen molar-refractivity contribution < 1.29 is 27.3 Å². The molecule has 1 saturated heterocycles. The predicted molar refractivity (Wildman–Crippen MR) is 108 cm³/mol. The summed E-state index contributed by atoms with van der Waals surface area (Å²) in [4.78, 5) is 25.6. The third-order valence-corrected chi connectivity index (χ3v) is 5.82. The van der Waals surface area contributed by atoms with Gasteiger partial charge >= 0.3 is 0 Å².